The Morgan fingerprint density at radius 2 is 1.90 bits per heavy atom. The highest BCUT2D eigenvalue weighted by atomic mass is 35.5. The Bertz CT molecular complexity index is 1520. The van der Waals surface area contributed by atoms with Crippen molar-refractivity contribution in [1.82, 2.24) is 19.7 Å². The third-order valence-corrected chi connectivity index (χ3v) is 12.3. The van der Waals surface area contributed by atoms with Crippen LogP contribution in [0.5, 0.6) is 0 Å². The third kappa shape index (κ3) is 5.90. The van der Waals surface area contributed by atoms with E-state index in [0.717, 1.165) is 19.3 Å². The van der Waals surface area contributed by atoms with Gasteiger partial charge >= 0.3 is 7.60 Å². The van der Waals surface area contributed by atoms with Crippen LogP contribution in [0.25, 0.3) is 11.0 Å². The van der Waals surface area contributed by atoms with Crippen molar-refractivity contribution in [2.45, 2.75) is 68.2 Å². The Balaban J connectivity index is 1.40. The van der Waals surface area contributed by atoms with Gasteiger partial charge in [-0.05, 0) is 35.9 Å². The van der Waals surface area contributed by atoms with Gasteiger partial charge in [0.1, 0.15) is 24.1 Å². The van der Waals surface area contributed by atoms with Crippen molar-refractivity contribution in [2.75, 3.05) is 11.1 Å². The van der Waals surface area contributed by atoms with E-state index >= 15 is 0 Å². The third-order valence-electron chi connectivity index (χ3n) is 7.63. The van der Waals surface area contributed by atoms with Crippen LogP contribution in [-0.4, -0.2) is 83.3 Å². The predicted molar refractivity (Wildman–Crippen MR) is 146 cm³/mol. The summed E-state index contributed by atoms with van der Waals surface area (Å²) in [4.78, 5) is 26.2. The first-order valence-electron chi connectivity index (χ1n) is 12.8. The number of ether oxygens (including phenoxy) is 1. The summed E-state index contributed by atoms with van der Waals surface area (Å²) in [6.45, 7) is 2.14. The molecule has 3 heterocycles. The van der Waals surface area contributed by atoms with Crippen LogP contribution in [0.1, 0.15) is 38.0 Å². The molecule has 5 rings (SSSR count). The molecule has 2 aromatic heterocycles. The van der Waals surface area contributed by atoms with Crippen molar-refractivity contribution in [3.63, 3.8) is 0 Å². The van der Waals surface area contributed by atoms with Gasteiger partial charge in [0.15, 0.2) is 26.7 Å². The van der Waals surface area contributed by atoms with E-state index in [1.54, 1.807) is 30.3 Å². The van der Waals surface area contributed by atoms with Crippen molar-refractivity contribution in [3.8, 4) is 0 Å². The van der Waals surface area contributed by atoms with Gasteiger partial charge in [0.05, 0.1) is 17.3 Å². The maximum atomic E-state index is 13.2. The molecule has 13 nitrogen and oxygen atoms in total. The molecule has 1 aliphatic carbocycles. The first-order valence-corrected chi connectivity index (χ1v) is 16.6. The van der Waals surface area contributed by atoms with Crippen LogP contribution in [0.4, 0.5) is 5.82 Å². The Labute approximate surface area is 235 Å². The number of anilines is 1. The highest BCUT2D eigenvalue weighted by Crippen LogP contribution is 2.47. The number of hydrogen-bond donors (Lipinski definition) is 5. The first-order chi connectivity index (χ1) is 18.8. The van der Waals surface area contributed by atoms with E-state index < -0.39 is 59.1 Å². The second-order valence-corrected chi connectivity index (χ2v) is 15.2. The lowest BCUT2D eigenvalue weighted by Crippen LogP contribution is -2.38. The fraction of sp³-hybridized carbons (Fsp3) is 0.542. The zero-order chi connectivity index (χ0) is 28.8. The lowest BCUT2D eigenvalue weighted by molar-refractivity contribution is -0.0365. The van der Waals surface area contributed by atoms with Crippen molar-refractivity contribution in [2.24, 2.45) is 5.92 Å². The van der Waals surface area contributed by atoms with E-state index in [9.17, 15) is 33.0 Å². The zero-order valence-corrected chi connectivity index (χ0v) is 24.0. The number of nitrogens with one attached hydrogen (secondary N) is 1. The van der Waals surface area contributed by atoms with Crippen LogP contribution in [0.15, 0.2) is 36.5 Å². The average molecular weight is 616 g/mol. The summed E-state index contributed by atoms with van der Waals surface area (Å²) in [7, 11) is -9.65. The summed E-state index contributed by atoms with van der Waals surface area (Å²) < 4.78 is 45.7. The van der Waals surface area contributed by atoms with E-state index in [-0.39, 0.29) is 17.0 Å². The number of nitrogens with zero attached hydrogens (tertiary/aromatic N) is 4. The minimum absolute atomic E-state index is 0.0834. The minimum Gasteiger partial charge on any atom is -0.387 e. The van der Waals surface area contributed by atoms with E-state index in [1.165, 1.54) is 10.9 Å². The summed E-state index contributed by atoms with van der Waals surface area (Å²) in [6.07, 6.45) is -2.00. The highest BCUT2D eigenvalue weighted by Gasteiger charge is 2.49. The summed E-state index contributed by atoms with van der Waals surface area (Å²) in [5.74, 6) is -0.0563. The molecule has 1 saturated carbocycles. The molecule has 0 amide bonds. The fourth-order valence-electron chi connectivity index (χ4n) is 5.41. The molecule has 16 heteroatoms. The molecule has 0 spiro atoms. The number of aromatic nitrogens is 4. The van der Waals surface area contributed by atoms with Gasteiger partial charge in [0.2, 0.25) is 5.28 Å². The van der Waals surface area contributed by atoms with E-state index in [0.29, 0.717) is 22.7 Å². The second kappa shape index (κ2) is 11.3. The fourth-order valence-corrected chi connectivity index (χ4v) is 9.36. The lowest BCUT2D eigenvalue weighted by Gasteiger charge is -2.22. The van der Waals surface area contributed by atoms with Crippen molar-refractivity contribution in [1.29, 1.82) is 0 Å². The molecule has 1 aliphatic heterocycles. The smallest absolute Gasteiger partial charge is 0.343 e. The molecule has 3 aromatic rings. The minimum atomic E-state index is -5.12. The van der Waals surface area contributed by atoms with Gasteiger partial charge < -0.3 is 30.1 Å². The molecule has 1 aromatic carbocycles. The zero-order valence-electron chi connectivity index (χ0n) is 21.5. The number of aliphatic hydroxyl groups is 2. The predicted octanol–water partition coefficient (Wildman–Crippen LogP) is 1.86. The molecule has 1 saturated heterocycles. The Kier molecular flexibility index (Phi) is 8.25. The molecule has 3 unspecified atom stereocenters. The molecular weight excluding hydrogens is 585 g/mol. The molecule has 5 N–H and O–H groups in total. The van der Waals surface area contributed by atoms with Crippen LogP contribution in [0.3, 0.4) is 0 Å². The SMILES string of the molecule is CC1CCCC1Nc1nc(Cl)nc2c1cnn2[C@@H]1O[C@H](CS(=O)(=O)C(Cc2ccccc2)P(=O)(O)O)[C@@H](O)[C@H]1O. The average Bonchev–Trinajstić information content (AvgIpc) is 3.56. The summed E-state index contributed by atoms with van der Waals surface area (Å²) in [5.41, 5.74) is 0.617. The number of rotatable bonds is 9. The normalized spacial score (nSPS) is 28.2. The van der Waals surface area contributed by atoms with E-state index in [4.69, 9.17) is 16.3 Å². The molecule has 40 heavy (non-hydrogen) atoms. The standard InChI is InChI=1S/C24H31ClN5O8PS/c1-13-6-5-9-16(13)27-21-15-11-26-30(22(15)29-24(25)28-21)23-20(32)19(31)17(38-23)12-40(36,37)18(39(33,34)35)10-14-7-3-2-4-8-14/h2-4,7-8,11,13,16-20,23,31-32H,5-6,9-10,12H2,1H3,(H,27,28,29)(H2,33,34,35)/t13?,16?,17-,18?,19-,20-,23-/m1/s1. The summed E-state index contributed by atoms with van der Waals surface area (Å²) in [6, 6.07) is 8.25. The largest absolute Gasteiger partial charge is 0.387 e. The maximum Gasteiger partial charge on any atom is 0.343 e. The molecule has 218 valence electrons. The monoisotopic (exact) mass is 615 g/mol. The molecular formula is C24H31ClN5O8PS. The van der Waals surface area contributed by atoms with Crippen molar-refractivity contribution >= 4 is 45.9 Å². The summed E-state index contributed by atoms with van der Waals surface area (Å²) in [5, 5.41) is 29.6. The van der Waals surface area contributed by atoms with Crippen LogP contribution in [0.2, 0.25) is 5.28 Å². The van der Waals surface area contributed by atoms with Crippen LogP contribution >= 0.6 is 19.2 Å². The Morgan fingerprint density at radius 1 is 1.18 bits per heavy atom. The van der Waals surface area contributed by atoms with Gasteiger partial charge in [0.25, 0.3) is 0 Å². The van der Waals surface area contributed by atoms with E-state index in [1.807, 2.05) is 0 Å². The first kappa shape index (κ1) is 29.3. The van der Waals surface area contributed by atoms with Gasteiger partial charge in [0, 0.05) is 12.5 Å². The molecule has 2 aliphatic rings. The number of aliphatic hydroxyl groups excluding tert-OH is 2. The maximum absolute atomic E-state index is 13.2. The second-order valence-electron chi connectivity index (χ2n) is 10.4. The quantitative estimate of drug-likeness (QED) is 0.173. The molecule has 0 bridgehead atoms. The topological polar surface area (TPSA) is 197 Å². The van der Waals surface area contributed by atoms with E-state index in [2.05, 4.69) is 27.3 Å². The number of sulfone groups is 1. The highest BCUT2D eigenvalue weighted by molar-refractivity contribution is 7.98. The number of halogens is 1. The lowest BCUT2D eigenvalue weighted by atomic mass is 10.1. The summed E-state index contributed by atoms with van der Waals surface area (Å²) >= 11 is 6.20. The molecule has 7 atom stereocenters. The van der Waals surface area contributed by atoms with Crippen LogP contribution in [0, 0.1) is 5.92 Å². The Hall–Kier alpha value is -2.16. The van der Waals surface area contributed by atoms with Gasteiger partial charge in [-0.15, -0.1) is 0 Å². The Morgan fingerprint density at radius 3 is 2.55 bits per heavy atom. The van der Waals surface area contributed by atoms with Crippen LogP contribution in [-0.2, 0) is 25.6 Å². The van der Waals surface area contributed by atoms with Crippen molar-refractivity contribution in [3.05, 3.63) is 47.4 Å². The molecule has 2 fully saturated rings. The number of fused-ring (bicyclic) bond motifs is 1. The van der Waals surface area contributed by atoms with Gasteiger partial charge in [-0.2, -0.15) is 15.1 Å². The van der Waals surface area contributed by atoms with Crippen LogP contribution < -0.4 is 5.32 Å². The molecule has 0 radical (unpaired) electrons. The van der Waals surface area contributed by atoms with Gasteiger partial charge in [-0.3, -0.25) is 4.57 Å². The van der Waals surface area contributed by atoms with Gasteiger partial charge in [-0.1, -0.05) is 43.7 Å². The number of hydrogen-bond acceptors (Lipinski definition) is 10. The number of benzene rings is 1. The van der Waals surface area contributed by atoms with Gasteiger partial charge in [-0.25, -0.2) is 13.1 Å². The van der Waals surface area contributed by atoms with Crippen molar-refractivity contribution < 1.29 is 37.7 Å².